The van der Waals surface area contributed by atoms with Crippen LogP contribution in [0.2, 0.25) is 5.15 Å². The van der Waals surface area contributed by atoms with Crippen LogP contribution in [-0.2, 0) is 14.3 Å². The van der Waals surface area contributed by atoms with Crippen LogP contribution in [0.4, 0.5) is 5.69 Å². The van der Waals surface area contributed by atoms with Gasteiger partial charge in [-0.15, -0.1) is 11.8 Å². The fraction of sp³-hybridized carbons (Fsp3) is 0.556. The third-order valence-electron chi connectivity index (χ3n) is 4.19. The van der Waals surface area contributed by atoms with Gasteiger partial charge in [-0.2, -0.15) is 5.26 Å². The Balaban J connectivity index is 1.92. The molecule has 0 radical (unpaired) electrons. The number of amides is 1. The first-order valence-electron chi connectivity index (χ1n) is 8.87. The highest BCUT2D eigenvalue weighted by molar-refractivity contribution is 8.01. The van der Waals surface area contributed by atoms with E-state index in [-0.39, 0.29) is 29.6 Å². The van der Waals surface area contributed by atoms with Gasteiger partial charge in [0.2, 0.25) is 5.91 Å². The Hall–Kier alpha value is -1.98. The summed E-state index contributed by atoms with van der Waals surface area (Å²) in [6.45, 7) is 4.99. The van der Waals surface area contributed by atoms with E-state index in [1.54, 1.807) is 24.1 Å². The van der Waals surface area contributed by atoms with Crippen molar-refractivity contribution in [3.63, 3.8) is 0 Å². The van der Waals surface area contributed by atoms with Crippen LogP contribution in [0.15, 0.2) is 18.3 Å². The molecule has 1 aliphatic heterocycles. The molecule has 1 saturated heterocycles. The zero-order chi connectivity index (χ0) is 19.8. The first kappa shape index (κ1) is 21.3. The van der Waals surface area contributed by atoms with Gasteiger partial charge in [-0.3, -0.25) is 9.59 Å². The molecule has 1 aromatic heterocycles. The van der Waals surface area contributed by atoms with Gasteiger partial charge < -0.3 is 15.0 Å². The lowest BCUT2D eigenvalue weighted by Gasteiger charge is -2.23. The van der Waals surface area contributed by atoms with Crippen LogP contribution < -0.4 is 5.32 Å². The Kier molecular flexibility index (Phi) is 8.20. The number of anilines is 1. The lowest BCUT2D eigenvalue weighted by atomic mass is 10.1. The van der Waals surface area contributed by atoms with E-state index in [9.17, 15) is 14.9 Å². The Morgan fingerprint density at radius 3 is 2.96 bits per heavy atom. The average molecular weight is 411 g/mol. The van der Waals surface area contributed by atoms with Crippen LogP contribution >= 0.6 is 23.4 Å². The zero-order valence-corrected chi connectivity index (χ0v) is 16.9. The topological polar surface area (TPSA) is 95.3 Å². The minimum atomic E-state index is -0.861. The molecule has 1 aromatic rings. The maximum absolute atomic E-state index is 12.7. The van der Waals surface area contributed by atoms with E-state index in [2.05, 4.69) is 10.3 Å². The van der Waals surface area contributed by atoms with Crippen LogP contribution in [0, 0.1) is 17.2 Å². The third kappa shape index (κ3) is 5.75. The second-order valence-corrected chi connectivity index (χ2v) is 7.73. The molecular weight excluding hydrogens is 388 g/mol. The lowest BCUT2D eigenvalue weighted by molar-refractivity contribution is -0.146. The van der Waals surface area contributed by atoms with E-state index in [0.29, 0.717) is 24.7 Å². The van der Waals surface area contributed by atoms with Gasteiger partial charge in [0.1, 0.15) is 11.1 Å². The molecule has 2 heterocycles. The second kappa shape index (κ2) is 10.4. The quantitative estimate of drug-likeness (QED) is 0.494. The number of nitrogens with one attached hydrogen (secondary N) is 1. The third-order valence-corrected chi connectivity index (χ3v) is 5.93. The number of aromatic nitrogens is 1. The number of esters is 1. The summed E-state index contributed by atoms with van der Waals surface area (Å²) in [4.78, 5) is 30.2. The smallest absolute Gasteiger partial charge is 0.323 e. The van der Waals surface area contributed by atoms with Crippen molar-refractivity contribution in [1.29, 1.82) is 5.26 Å². The highest BCUT2D eigenvalue weighted by atomic mass is 35.5. The van der Waals surface area contributed by atoms with E-state index >= 15 is 0 Å². The van der Waals surface area contributed by atoms with E-state index in [0.717, 1.165) is 5.69 Å². The van der Waals surface area contributed by atoms with Gasteiger partial charge in [-0.1, -0.05) is 11.6 Å². The van der Waals surface area contributed by atoms with Crippen molar-refractivity contribution in [2.75, 3.05) is 25.0 Å². The number of ether oxygens (including phenoxy) is 1. The molecule has 1 N–H and O–H groups in total. The predicted molar refractivity (Wildman–Crippen MR) is 105 cm³/mol. The van der Waals surface area contributed by atoms with Crippen LogP contribution in [0.1, 0.15) is 26.7 Å². The van der Waals surface area contributed by atoms with Crippen molar-refractivity contribution in [3.05, 3.63) is 23.5 Å². The van der Waals surface area contributed by atoms with Gasteiger partial charge in [0.25, 0.3) is 0 Å². The van der Waals surface area contributed by atoms with Gasteiger partial charge >= 0.3 is 5.97 Å². The molecule has 3 atom stereocenters. The summed E-state index contributed by atoms with van der Waals surface area (Å²) >= 11 is 7.37. The Morgan fingerprint density at radius 1 is 1.56 bits per heavy atom. The lowest BCUT2D eigenvalue weighted by Crippen LogP contribution is -2.36. The molecular formula is C18H23ClN4O3S. The first-order chi connectivity index (χ1) is 13.0. The minimum Gasteiger partial charge on any atom is -0.465 e. The summed E-state index contributed by atoms with van der Waals surface area (Å²) in [6, 6.07) is 5.54. The first-order valence-corrected chi connectivity index (χ1v) is 10.2. The number of hydrogen-bond acceptors (Lipinski definition) is 7. The maximum Gasteiger partial charge on any atom is 0.323 e. The molecule has 7 nitrogen and oxygen atoms in total. The number of carbonyl (C=O) groups is 2. The van der Waals surface area contributed by atoms with E-state index in [1.807, 2.05) is 19.1 Å². The highest BCUT2D eigenvalue weighted by Crippen LogP contribution is 2.37. The Bertz CT molecular complexity index is 712. The van der Waals surface area contributed by atoms with Crippen LogP contribution in [0.5, 0.6) is 0 Å². The molecule has 9 heteroatoms. The molecule has 0 spiro atoms. The molecule has 1 fully saturated rings. The SMILES string of the molecule is CCOC(=O)C(C#N)CC1SC(CCNc2ccnc(Cl)c2)C(=O)N1CC. The number of pyridine rings is 1. The number of halogens is 1. The zero-order valence-electron chi connectivity index (χ0n) is 15.4. The monoisotopic (exact) mass is 410 g/mol. The molecule has 0 aliphatic carbocycles. The molecule has 0 saturated carbocycles. The number of carbonyl (C=O) groups excluding carboxylic acids is 2. The summed E-state index contributed by atoms with van der Waals surface area (Å²) < 4.78 is 4.95. The molecule has 2 rings (SSSR count). The number of hydrogen-bond donors (Lipinski definition) is 1. The largest absolute Gasteiger partial charge is 0.465 e. The summed E-state index contributed by atoms with van der Waals surface area (Å²) in [7, 11) is 0. The number of rotatable bonds is 9. The van der Waals surface area contributed by atoms with Crippen LogP contribution in [0.25, 0.3) is 0 Å². The molecule has 146 valence electrons. The van der Waals surface area contributed by atoms with E-state index < -0.39 is 11.9 Å². The van der Waals surface area contributed by atoms with Crippen molar-refractivity contribution in [2.45, 2.75) is 37.3 Å². The molecule has 1 amide bonds. The molecule has 1 aliphatic rings. The Labute approximate surface area is 168 Å². The van der Waals surface area contributed by atoms with Gasteiger partial charge in [0, 0.05) is 31.4 Å². The van der Waals surface area contributed by atoms with Crippen LogP contribution in [0.3, 0.4) is 0 Å². The fourth-order valence-corrected chi connectivity index (χ4v) is 4.65. The molecule has 0 bridgehead atoms. The van der Waals surface area contributed by atoms with Crippen LogP contribution in [-0.4, -0.2) is 52.1 Å². The fourth-order valence-electron chi connectivity index (χ4n) is 2.89. The van der Waals surface area contributed by atoms with Gasteiger partial charge in [-0.25, -0.2) is 4.98 Å². The maximum atomic E-state index is 12.7. The average Bonchev–Trinajstić information content (AvgIpc) is 2.94. The normalized spacial score (nSPS) is 20.2. The van der Waals surface area contributed by atoms with Gasteiger partial charge in [-0.05, 0) is 32.4 Å². The molecule has 0 aromatic carbocycles. The number of nitriles is 1. The van der Waals surface area contributed by atoms with Crippen molar-refractivity contribution < 1.29 is 14.3 Å². The van der Waals surface area contributed by atoms with E-state index in [4.69, 9.17) is 16.3 Å². The highest BCUT2D eigenvalue weighted by Gasteiger charge is 2.41. The van der Waals surface area contributed by atoms with Crippen molar-refractivity contribution in [2.24, 2.45) is 5.92 Å². The standard InChI is InChI=1S/C18H23ClN4O3S/c1-3-23-16(9-12(11-20)18(25)26-4-2)27-14(17(23)24)6-8-21-13-5-7-22-15(19)10-13/h5,7,10,12,14,16H,3-4,6,8-9H2,1-2H3,(H,21,22). The van der Waals surface area contributed by atoms with Crippen molar-refractivity contribution in [1.82, 2.24) is 9.88 Å². The minimum absolute atomic E-state index is 0.0441. The molecule has 27 heavy (non-hydrogen) atoms. The summed E-state index contributed by atoms with van der Waals surface area (Å²) in [5, 5.41) is 12.5. The van der Waals surface area contributed by atoms with Crippen molar-refractivity contribution in [3.8, 4) is 6.07 Å². The van der Waals surface area contributed by atoms with Gasteiger partial charge in [0.15, 0.2) is 0 Å². The molecule has 3 unspecified atom stereocenters. The van der Waals surface area contributed by atoms with E-state index in [1.165, 1.54) is 11.8 Å². The second-order valence-electron chi connectivity index (χ2n) is 5.96. The predicted octanol–water partition coefficient (Wildman–Crippen LogP) is 2.92. The number of nitrogens with zero attached hydrogens (tertiary/aromatic N) is 3. The summed E-state index contributed by atoms with van der Waals surface area (Å²) in [5.41, 5.74) is 0.848. The van der Waals surface area contributed by atoms with Crippen molar-refractivity contribution >= 4 is 40.9 Å². The summed E-state index contributed by atoms with van der Waals surface area (Å²) in [5.74, 6) is -1.34. The number of thioether (sulfide) groups is 1. The Morgan fingerprint density at radius 2 is 2.33 bits per heavy atom. The summed E-state index contributed by atoms with van der Waals surface area (Å²) in [6.07, 6.45) is 2.53. The van der Waals surface area contributed by atoms with Gasteiger partial charge in [0.05, 0.1) is 23.3 Å².